The Bertz CT molecular complexity index is 924. The first-order chi connectivity index (χ1) is 13.3. The van der Waals surface area contributed by atoms with Crippen molar-refractivity contribution in [3.05, 3.63) is 51.7 Å². The van der Waals surface area contributed by atoms with Crippen molar-refractivity contribution in [1.29, 1.82) is 0 Å². The standard InChI is InChI=1S/C20H27N5O3/c1-13(17-10-21-24(3)14(17)2)22-18(26)12-25-11-15(8-9-19(25)27)20(28)23-16-6-4-5-7-16/h8-11,13,16H,4-7,12H2,1-3H3,(H,22,26)(H,23,28). The summed E-state index contributed by atoms with van der Waals surface area (Å²) in [4.78, 5) is 37.0. The van der Waals surface area contributed by atoms with Gasteiger partial charge in [0.25, 0.3) is 11.5 Å². The lowest BCUT2D eigenvalue weighted by Gasteiger charge is -2.15. The number of aryl methyl sites for hydroxylation is 1. The van der Waals surface area contributed by atoms with Gasteiger partial charge < -0.3 is 15.2 Å². The third-order valence-electron chi connectivity index (χ3n) is 5.37. The summed E-state index contributed by atoms with van der Waals surface area (Å²) in [6.07, 6.45) is 7.39. The average molecular weight is 385 g/mol. The lowest BCUT2D eigenvalue weighted by atomic mass is 10.1. The minimum Gasteiger partial charge on any atom is -0.349 e. The van der Waals surface area contributed by atoms with Crippen LogP contribution in [-0.4, -0.2) is 32.2 Å². The van der Waals surface area contributed by atoms with E-state index >= 15 is 0 Å². The number of nitrogens with zero attached hydrogens (tertiary/aromatic N) is 3. The second kappa shape index (κ2) is 8.41. The number of nitrogens with one attached hydrogen (secondary N) is 2. The molecule has 0 saturated heterocycles. The second-order valence-corrected chi connectivity index (χ2v) is 7.44. The van der Waals surface area contributed by atoms with E-state index in [1.807, 2.05) is 20.9 Å². The Morgan fingerprint density at radius 1 is 1.29 bits per heavy atom. The molecule has 0 aliphatic heterocycles. The Kier molecular flexibility index (Phi) is 5.96. The molecule has 1 aliphatic carbocycles. The van der Waals surface area contributed by atoms with Crippen LogP contribution >= 0.6 is 0 Å². The number of amides is 2. The fourth-order valence-electron chi connectivity index (χ4n) is 3.59. The van der Waals surface area contributed by atoms with Gasteiger partial charge in [0.2, 0.25) is 5.91 Å². The summed E-state index contributed by atoms with van der Waals surface area (Å²) < 4.78 is 3.01. The highest BCUT2D eigenvalue weighted by Crippen LogP contribution is 2.18. The summed E-state index contributed by atoms with van der Waals surface area (Å²) in [5.74, 6) is -0.508. The average Bonchev–Trinajstić information content (AvgIpc) is 3.27. The molecule has 1 saturated carbocycles. The summed E-state index contributed by atoms with van der Waals surface area (Å²) in [6.45, 7) is 3.66. The molecular formula is C20H27N5O3. The normalized spacial score (nSPS) is 15.4. The summed E-state index contributed by atoms with van der Waals surface area (Å²) >= 11 is 0. The Labute approximate surface area is 163 Å². The van der Waals surface area contributed by atoms with Gasteiger partial charge in [-0.05, 0) is 32.8 Å². The third-order valence-corrected chi connectivity index (χ3v) is 5.37. The fraction of sp³-hybridized carbons (Fsp3) is 0.500. The van der Waals surface area contributed by atoms with Crippen molar-refractivity contribution in [3.63, 3.8) is 0 Å². The van der Waals surface area contributed by atoms with Crippen LogP contribution in [0.3, 0.4) is 0 Å². The van der Waals surface area contributed by atoms with Crippen molar-refractivity contribution in [3.8, 4) is 0 Å². The minimum absolute atomic E-state index is 0.146. The molecule has 8 nitrogen and oxygen atoms in total. The highest BCUT2D eigenvalue weighted by atomic mass is 16.2. The van der Waals surface area contributed by atoms with Crippen molar-refractivity contribution < 1.29 is 9.59 Å². The zero-order valence-corrected chi connectivity index (χ0v) is 16.6. The van der Waals surface area contributed by atoms with Crippen LogP contribution in [0.1, 0.15) is 60.3 Å². The van der Waals surface area contributed by atoms with Gasteiger partial charge in [0.1, 0.15) is 6.54 Å². The maximum absolute atomic E-state index is 12.4. The number of hydrogen-bond donors (Lipinski definition) is 2. The van der Waals surface area contributed by atoms with Crippen LogP contribution in [0.15, 0.2) is 29.3 Å². The van der Waals surface area contributed by atoms with Crippen LogP contribution in [0.4, 0.5) is 0 Å². The van der Waals surface area contributed by atoms with E-state index in [2.05, 4.69) is 15.7 Å². The highest BCUT2D eigenvalue weighted by Gasteiger charge is 2.19. The van der Waals surface area contributed by atoms with Gasteiger partial charge >= 0.3 is 0 Å². The molecule has 1 fully saturated rings. The van der Waals surface area contributed by atoms with Gasteiger partial charge in [-0.25, -0.2) is 0 Å². The minimum atomic E-state index is -0.322. The number of pyridine rings is 1. The first kappa shape index (κ1) is 19.9. The lowest BCUT2D eigenvalue weighted by molar-refractivity contribution is -0.122. The Morgan fingerprint density at radius 3 is 2.64 bits per heavy atom. The van der Waals surface area contributed by atoms with Crippen molar-refractivity contribution in [2.45, 2.75) is 58.2 Å². The van der Waals surface area contributed by atoms with E-state index in [4.69, 9.17) is 0 Å². The van der Waals surface area contributed by atoms with Gasteiger partial charge in [-0.1, -0.05) is 12.8 Å². The number of rotatable bonds is 6. The molecule has 0 spiro atoms. The van der Waals surface area contributed by atoms with E-state index in [0.717, 1.165) is 36.9 Å². The number of carbonyl (C=O) groups excluding carboxylic acids is 2. The fourth-order valence-corrected chi connectivity index (χ4v) is 3.59. The molecule has 1 atom stereocenters. The van der Waals surface area contributed by atoms with E-state index in [0.29, 0.717) is 5.56 Å². The molecule has 0 aromatic carbocycles. The molecule has 3 rings (SSSR count). The van der Waals surface area contributed by atoms with Crippen LogP contribution in [0.2, 0.25) is 0 Å². The topological polar surface area (TPSA) is 98.0 Å². The molecule has 1 aliphatic rings. The highest BCUT2D eigenvalue weighted by molar-refractivity contribution is 5.94. The maximum atomic E-state index is 12.4. The number of hydrogen-bond acceptors (Lipinski definition) is 4. The molecule has 2 aromatic heterocycles. The zero-order valence-electron chi connectivity index (χ0n) is 16.6. The van der Waals surface area contributed by atoms with Crippen molar-refractivity contribution in [1.82, 2.24) is 25.0 Å². The van der Waals surface area contributed by atoms with Crippen molar-refractivity contribution >= 4 is 11.8 Å². The van der Waals surface area contributed by atoms with Gasteiger partial charge in [-0.3, -0.25) is 19.1 Å². The molecular weight excluding hydrogens is 358 g/mol. The van der Waals surface area contributed by atoms with Gasteiger partial charge in [0.15, 0.2) is 0 Å². The van der Waals surface area contributed by atoms with Crippen LogP contribution in [0.5, 0.6) is 0 Å². The third kappa shape index (κ3) is 4.49. The molecule has 2 N–H and O–H groups in total. The smallest absolute Gasteiger partial charge is 0.252 e. The van der Waals surface area contributed by atoms with E-state index in [-0.39, 0.29) is 36.0 Å². The quantitative estimate of drug-likeness (QED) is 0.786. The van der Waals surface area contributed by atoms with Gasteiger partial charge in [-0.15, -0.1) is 0 Å². The van der Waals surface area contributed by atoms with E-state index in [1.165, 1.54) is 22.9 Å². The molecule has 2 heterocycles. The maximum Gasteiger partial charge on any atom is 0.252 e. The van der Waals surface area contributed by atoms with E-state index < -0.39 is 0 Å². The van der Waals surface area contributed by atoms with E-state index in [1.54, 1.807) is 10.9 Å². The summed E-state index contributed by atoms with van der Waals surface area (Å²) in [6, 6.07) is 2.79. The summed E-state index contributed by atoms with van der Waals surface area (Å²) in [5.41, 5.74) is 1.96. The molecule has 8 heteroatoms. The molecule has 1 unspecified atom stereocenters. The van der Waals surface area contributed by atoms with Crippen molar-refractivity contribution in [2.24, 2.45) is 7.05 Å². The van der Waals surface area contributed by atoms with E-state index in [9.17, 15) is 14.4 Å². The lowest BCUT2D eigenvalue weighted by Crippen LogP contribution is -2.36. The molecule has 28 heavy (non-hydrogen) atoms. The Hall–Kier alpha value is -2.90. The molecule has 2 amide bonds. The largest absolute Gasteiger partial charge is 0.349 e. The first-order valence-electron chi connectivity index (χ1n) is 9.64. The SMILES string of the molecule is Cc1c(C(C)NC(=O)Cn2cc(C(=O)NC3CCCC3)ccc2=O)cnn1C. The molecule has 0 radical (unpaired) electrons. The Morgan fingerprint density at radius 2 is 2.00 bits per heavy atom. The summed E-state index contributed by atoms with van der Waals surface area (Å²) in [7, 11) is 1.84. The zero-order chi connectivity index (χ0) is 20.3. The van der Waals surface area contributed by atoms with Crippen LogP contribution in [-0.2, 0) is 18.4 Å². The van der Waals surface area contributed by atoms with Crippen LogP contribution in [0, 0.1) is 6.92 Å². The molecule has 150 valence electrons. The van der Waals surface area contributed by atoms with Gasteiger partial charge in [0, 0.05) is 36.6 Å². The van der Waals surface area contributed by atoms with Crippen molar-refractivity contribution in [2.75, 3.05) is 0 Å². The van der Waals surface area contributed by atoms with Crippen LogP contribution < -0.4 is 16.2 Å². The predicted octanol–water partition coefficient (Wildman–Crippen LogP) is 1.44. The van der Waals surface area contributed by atoms with Gasteiger partial charge in [0.05, 0.1) is 17.8 Å². The molecule has 2 aromatic rings. The second-order valence-electron chi connectivity index (χ2n) is 7.44. The van der Waals surface area contributed by atoms with Gasteiger partial charge in [-0.2, -0.15) is 5.10 Å². The number of aromatic nitrogens is 3. The molecule has 0 bridgehead atoms. The predicted molar refractivity (Wildman–Crippen MR) is 105 cm³/mol. The summed E-state index contributed by atoms with van der Waals surface area (Å²) in [5, 5.41) is 10.1. The monoisotopic (exact) mass is 385 g/mol. The Balaban J connectivity index is 1.65. The number of carbonyl (C=O) groups is 2. The first-order valence-corrected chi connectivity index (χ1v) is 9.64. The van der Waals surface area contributed by atoms with Crippen LogP contribution in [0.25, 0.3) is 0 Å².